The molecular weight excluding hydrogens is 381 g/mol. The number of carbonyl (C=O) groups is 3. The summed E-state index contributed by atoms with van der Waals surface area (Å²) in [6.07, 6.45) is -2.06. The van der Waals surface area contributed by atoms with Crippen LogP contribution in [-0.2, 0) is 14.3 Å². The van der Waals surface area contributed by atoms with Crippen LogP contribution in [0.5, 0.6) is 0 Å². The van der Waals surface area contributed by atoms with E-state index in [0.717, 1.165) is 0 Å². The van der Waals surface area contributed by atoms with Crippen molar-refractivity contribution in [2.45, 2.75) is 32.0 Å². The van der Waals surface area contributed by atoms with Crippen molar-refractivity contribution in [2.75, 3.05) is 31.1 Å². The molecule has 2 aliphatic heterocycles. The average molecular weight is 405 g/mol. The molecule has 8 nitrogen and oxygen atoms in total. The summed E-state index contributed by atoms with van der Waals surface area (Å²) < 4.78 is 20.0. The first-order valence-corrected chi connectivity index (χ1v) is 9.75. The zero-order valence-electron chi connectivity index (χ0n) is 16.3. The highest BCUT2D eigenvalue weighted by molar-refractivity contribution is 5.90. The number of cyclic esters (lactones) is 1. The van der Waals surface area contributed by atoms with Gasteiger partial charge in [-0.1, -0.05) is 6.07 Å². The number of amides is 3. The molecule has 3 fully saturated rings. The Bertz CT molecular complexity index is 849. The maximum atomic E-state index is 14.8. The van der Waals surface area contributed by atoms with E-state index < -0.39 is 18.3 Å². The highest BCUT2D eigenvalue weighted by Gasteiger charge is 2.58. The lowest BCUT2D eigenvalue weighted by atomic mass is 10.0. The predicted molar refractivity (Wildman–Crippen MR) is 101 cm³/mol. The summed E-state index contributed by atoms with van der Waals surface area (Å²) in [5.41, 5.74) is 1.01. The number of carbonyl (C=O) groups excluding carboxylic acids is 3. The zero-order chi connectivity index (χ0) is 20.9. The van der Waals surface area contributed by atoms with Crippen LogP contribution in [0.25, 0.3) is 0 Å². The van der Waals surface area contributed by atoms with Crippen molar-refractivity contribution >= 4 is 23.6 Å². The SMILES string of the molecule is CC(=O)NC[C@H]1CN(c2ccc(C3[C@H]4CN(C(=O)C(C)O)C[C@@H]34)c(F)c2)C(=O)O1. The van der Waals surface area contributed by atoms with Gasteiger partial charge in [0.2, 0.25) is 5.91 Å². The maximum Gasteiger partial charge on any atom is 0.414 e. The molecule has 0 spiro atoms. The number of rotatable bonds is 5. The van der Waals surface area contributed by atoms with Gasteiger partial charge in [-0.3, -0.25) is 14.5 Å². The minimum atomic E-state index is -1.02. The Morgan fingerprint density at radius 1 is 1.31 bits per heavy atom. The number of hydrogen-bond donors (Lipinski definition) is 2. The first-order valence-electron chi connectivity index (χ1n) is 9.75. The summed E-state index contributed by atoms with van der Waals surface area (Å²) in [4.78, 5) is 38.0. The number of fused-ring (bicyclic) bond motifs is 1. The van der Waals surface area contributed by atoms with E-state index in [0.29, 0.717) is 24.3 Å². The number of likely N-dealkylation sites (tertiary alicyclic amines) is 1. The van der Waals surface area contributed by atoms with Crippen LogP contribution in [0.15, 0.2) is 18.2 Å². The lowest BCUT2D eigenvalue weighted by Crippen LogP contribution is -2.37. The molecule has 156 valence electrons. The van der Waals surface area contributed by atoms with Crippen LogP contribution in [0.3, 0.4) is 0 Å². The summed E-state index contributed by atoms with van der Waals surface area (Å²) in [7, 11) is 0. The molecular formula is C20H24FN3O5. The fourth-order valence-corrected chi connectivity index (χ4v) is 4.48. The van der Waals surface area contributed by atoms with E-state index in [1.54, 1.807) is 17.0 Å². The molecule has 5 atom stereocenters. The highest BCUT2D eigenvalue weighted by Crippen LogP contribution is 2.58. The summed E-state index contributed by atoms with van der Waals surface area (Å²) in [6.45, 7) is 4.35. The third-order valence-corrected chi connectivity index (χ3v) is 5.97. The van der Waals surface area contributed by atoms with Crippen molar-refractivity contribution in [3.05, 3.63) is 29.6 Å². The molecule has 1 aromatic rings. The molecule has 1 saturated carbocycles. The van der Waals surface area contributed by atoms with Crippen LogP contribution >= 0.6 is 0 Å². The first kappa shape index (κ1) is 19.6. The van der Waals surface area contributed by atoms with Crippen molar-refractivity contribution in [3.8, 4) is 0 Å². The number of hydrogen-bond acceptors (Lipinski definition) is 5. The lowest BCUT2D eigenvalue weighted by molar-refractivity contribution is -0.138. The molecule has 0 bridgehead atoms. The monoisotopic (exact) mass is 405 g/mol. The third kappa shape index (κ3) is 3.66. The van der Waals surface area contributed by atoms with Gasteiger partial charge >= 0.3 is 6.09 Å². The van der Waals surface area contributed by atoms with E-state index in [9.17, 15) is 23.9 Å². The van der Waals surface area contributed by atoms with Crippen molar-refractivity contribution in [3.63, 3.8) is 0 Å². The normalized spacial score (nSPS) is 28.8. The topological polar surface area (TPSA) is 99.2 Å². The van der Waals surface area contributed by atoms with Gasteiger partial charge in [0, 0.05) is 20.0 Å². The molecule has 0 aromatic heterocycles. The number of benzene rings is 1. The van der Waals surface area contributed by atoms with Crippen LogP contribution in [0.1, 0.15) is 25.3 Å². The Balaban J connectivity index is 1.40. The van der Waals surface area contributed by atoms with Gasteiger partial charge in [0.1, 0.15) is 18.0 Å². The number of nitrogens with zero attached hydrogens (tertiary/aromatic N) is 2. The van der Waals surface area contributed by atoms with Crippen molar-refractivity contribution < 1.29 is 28.6 Å². The van der Waals surface area contributed by atoms with Crippen LogP contribution < -0.4 is 10.2 Å². The molecule has 2 unspecified atom stereocenters. The molecule has 2 saturated heterocycles. The van der Waals surface area contributed by atoms with Crippen LogP contribution in [0.2, 0.25) is 0 Å². The van der Waals surface area contributed by atoms with Crippen LogP contribution in [0, 0.1) is 17.7 Å². The smallest absolute Gasteiger partial charge is 0.414 e. The van der Waals surface area contributed by atoms with Gasteiger partial charge in [0.25, 0.3) is 5.91 Å². The standard InChI is InChI=1S/C20H24FN3O5/c1-10(25)19(27)23-8-15-16(9-23)18(15)14-4-3-12(5-17(14)21)24-7-13(29-20(24)28)6-22-11(2)26/h3-5,10,13,15-16,18,25H,6-9H2,1-2H3,(H,22,26)/t10?,13-,15-,16+,18?/m0/s1. The van der Waals surface area contributed by atoms with Gasteiger partial charge in [-0.2, -0.15) is 0 Å². The molecule has 1 aliphatic carbocycles. The van der Waals surface area contributed by atoms with E-state index in [4.69, 9.17) is 4.74 Å². The molecule has 0 radical (unpaired) electrons. The molecule has 3 aliphatic rings. The minimum absolute atomic E-state index is 0.0557. The number of aliphatic hydroxyl groups is 1. The molecule has 4 rings (SSSR count). The fraction of sp³-hybridized carbons (Fsp3) is 0.550. The Labute approximate surface area is 167 Å². The van der Waals surface area contributed by atoms with Crippen LogP contribution in [0.4, 0.5) is 14.9 Å². The van der Waals surface area contributed by atoms with Crippen LogP contribution in [-0.4, -0.2) is 66.3 Å². The van der Waals surface area contributed by atoms with Crippen molar-refractivity contribution in [1.29, 1.82) is 0 Å². The number of aliphatic hydroxyl groups excluding tert-OH is 1. The molecule has 9 heteroatoms. The second-order valence-electron chi connectivity index (χ2n) is 8.03. The largest absolute Gasteiger partial charge is 0.442 e. The predicted octanol–water partition coefficient (Wildman–Crippen LogP) is 0.840. The van der Waals surface area contributed by atoms with Gasteiger partial charge in [-0.25, -0.2) is 9.18 Å². The van der Waals surface area contributed by atoms with Gasteiger partial charge in [0.15, 0.2) is 0 Å². The lowest BCUT2D eigenvalue weighted by Gasteiger charge is -2.21. The number of ether oxygens (including phenoxy) is 1. The van der Waals surface area contributed by atoms with Crippen molar-refractivity contribution in [1.82, 2.24) is 10.2 Å². The average Bonchev–Trinajstić information content (AvgIpc) is 3.00. The Morgan fingerprint density at radius 2 is 2.00 bits per heavy atom. The zero-order valence-corrected chi connectivity index (χ0v) is 16.3. The summed E-state index contributed by atoms with van der Waals surface area (Å²) in [5, 5.41) is 12.0. The van der Waals surface area contributed by atoms with E-state index in [-0.39, 0.29) is 48.5 Å². The van der Waals surface area contributed by atoms with E-state index in [1.807, 2.05) is 0 Å². The number of anilines is 1. The Hall–Kier alpha value is -2.68. The fourth-order valence-electron chi connectivity index (χ4n) is 4.48. The second-order valence-corrected chi connectivity index (χ2v) is 8.03. The number of nitrogens with one attached hydrogen (secondary N) is 1. The quantitative estimate of drug-likeness (QED) is 0.756. The van der Waals surface area contributed by atoms with Gasteiger partial charge in [-0.15, -0.1) is 0 Å². The summed E-state index contributed by atoms with van der Waals surface area (Å²) >= 11 is 0. The van der Waals surface area contributed by atoms with E-state index in [1.165, 1.54) is 24.8 Å². The van der Waals surface area contributed by atoms with Gasteiger partial charge in [0.05, 0.1) is 18.8 Å². The van der Waals surface area contributed by atoms with E-state index >= 15 is 0 Å². The molecule has 29 heavy (non-hydrogen) atoms. The highest BCUT2D eigenvalue weighted by atomic mass is 19.1. The van der Waals surface area contributed by atoms with Gasteiger partial charge in [-0.05, 0) is 42.4 Å². The second kappa shape index (κ2) is 7.29. The van der Waals surface area contributed by atoms with Gasteiger partial charge < -0.3 is 20.1 Å². The van der Waals surface area contributed by atoms with Crippen molar-refractivity contribution in [2.24, 2.45) is 11.8 Å². The Morgan fingerprint density at radius 3 is 2.59 bits per heavy atom. The summed E-state index contributed by atoms with van der Waals surface area (Å²) in [5.74, 6) is -0.408. The number of piperidine rings is 1. The Kier molecular flexibility index (Phi) is 4.94. The number of halogens is 1. The first-order chi connectivity index (χ1) is 13.8. The molecule has 3 amide bonds. The minimum Gasteiger partial charge on any atom is -0.442 e. The molecule has 1 aromatic carbocycles. The summed E-state index contributed by atoms with van der Waals surface area (Å²) in [6, 6.07) is 4.74. The maximum absolute atomic E-state index is 14.8. The molecule has 2 heterocycles. The van der Waals surface area contributed by atoms with E-state index in [2.05, 4.69) is 5.32 Å². The molecule has 2 N–H and O–H groups in total. The third-order valence-electron chi connectivity index (χ3n) is 5.97.